The lowest BCUT2D eigenvalue weighted by Crippen LogP contribution is -2.18. The van der Waals surface area contributed by atoms with Gasteiger partial charge in [0.1, 0.15) is 0 Å². The number of carbonyl (C=O) groups excluding carboxylic acids is 2. The Morgan fingerprint density at radius 3 is 2.68 bits per heavy atom. The minimum absolute atomic E-state index is 0.00531. The summed E-state index contributed by atoms with van der Waals surface area (Å²) in [7, 11) is 0. The number of allylic oxidation sites excluding steroid dienone is 4. The summed E-state index contributed by atoms with van der Waals surface area (Å²) in [5, 5.41) is 1.89. The Balaban J connectivity index is 2.24. The topological polar surface area (TPSA) is 34.1 Å². The molecule has 2 unspecified atom stereocenters. The Morgan fingerprint density at radius 2 is 2.00 bits per heavy atom. The predicted octanol–water partition coefficient (Wildman–Crippen LogP) is 6.73. The summed E-state index contributed by atoms with van der Waals surface area (Å²) in [4.78, 5) is 26.4. The SMILES string of the molecule is CC/C=C(/C)CCCC1C/C=C/CC(C)c2scc(C(C)=O)c2C1=O. The number of carbonyl (C=O) groups is 2. The second-order valence-corrected chi connectivity index (χ2v) is 8.11. The highest BCUT2D eigenvalue weighted by molar-refractivity contribution is 7.10. The van der Waals surface area contributed by atoms with Gasteiger partial charge in [0.2, 0.25) is 0 Å². The van der Waals surface area contributed by atoms with Crippen molar-refractivity contribution >= 4 is 22.9 Å². The van der Waals surface area contributed by atoms with Crippen LogP contribution < -0.4 is 0 Å². The number of hydrogen-bond acceptors (Lipinski definition) is 3. The molecule has 1 aromatic rings. The van der Waals surface area contributed by atoms with Crippen molar-refractivity contribution in [3.8, 4) is 0 Å². The van der Waals surface area contributed by atoms with Gasteiger partial charge >= 0.3 is 0 Å². The monoisotopic (exact) mass is 358 g/mol. The minimum Gasteiger partial charge on any atom is -0.294 e. The van der Waals surface area contributed by atoms with Gasteiger partial charge in [0.25, 0.3) is 0 Å². The van der Waals surface area contributed by atoms with Crippen molar-refractivity contribution in [2.75, 3.05) is 0 Å². The van der Waals surface area contributed by atoms with Crippen molar-refractivity contribution in [2.45, 2.75) is 72.1 Å². The molecule has 0 aliphatic heterocycles. The Bertz CT molecular complexity index is 678. The Morgan fingerprint density at radius 1 is 1.28 bits per heavy atom. The molecule has 1 aliphatic carbocycles. The molecule has 2 nitrogen and oxygen atoms in total. The summed E-state index contributed by atoms with van der Waals surface area (Å²) in [5.74, 6) is 0.465. The largest absolute Gasteiger partial charge is 0.294 e. The second kappa shape index (κ2) is 9.28. The van der Waals surface area contributed by atoms with E-state index in [1.165, 1.54) is 5.57 Å². The van der Waals surface area contributed by atoms with E-state index in [2.05, 4.69) is 39.0 Å². The van der Waals surface area contributed by atoms with E-state index >= 15 is 0 Å². The van der Waals surface area contributed by atoms with Gasteiger partial charge in [0, 0.05) is 27.3 Å². The predicted molar refractivity (Wildman–Crippen MR) is 107 cm³/mol. The molecule has 3 heteroatoms. The molecule has 2 rings (SSSR count). The molecular formula is C22H30O2S. The fourth-order valence-electron chi connectivity index (χ4n) is 3.55. The first-order valence-electron chi connectivity index (χ1n) is 9.42. The molecule has 0 radical (unpaired) electrons. The summed E-state index contributed by atoms with van der Waals surface area (Å²) in [5.41, 5.74) is 2.76. The van der Waals surface area contributed by atoms with Crippen molar-refractivity contribution in [2.24, 2.45) is 5.92 Å². The fourth-order valence-corrected chi connectivity index (χ4v) is 4.74. The molecule has 0 saturated carbocycles. The highest BCUT2D eigenvalue weighted by Crippen LogP contribution is 2.36. The van der Waals surface area contributed by atoms with Crippen molar-refractivity contribution < 1.29 is 9.59 Å². The van der Waals surface area contributed by atoms with Crippen LogP contribution in [-0.2, 0) is 0 Å². The number of thiophene rings is 1. The van der Waals surface area contributed by atoms with Gasteiger partial charge in [-0.05, 0) is 58.3 Å². The fraction of sp³-hybridized carbons (Fsp3) is 0.545. The lowest BCUT2D eigenvalue weighted by Gasteiger charge is -2.16. The minimum atomic E-state index is -0.0116. The van der Waals surface area contributed by atoms with Gasteiger partial charge < -0.3 is 0 Å². The van der Waals surface area contributed by atoms with Crippen LogP contribution in [0.1, 0.15) is 97.7 Å². The second-order valence-electron chi connectivity index (χ2n) is 7.20. The zero-order chi connectivity index (χ0) is 18.4. The Kier molecular flexibility index (Phi) is 7.37. The van der Waals surface area contributed by atoms with Crippen LogP contribution in [0.4, 0.5) is 0 Å². The van der Waals surface area contributed by atoms with E-state index in [1.54, 1.807) is 18.3 Å². The van der Waals surface area contributed by atoms with Crippen molar-refractivity contribution in [3.05, 3.63) is 45.2 Å². The number of ketones is 2. The maximum atomic E-state index is 13.3. The summed E-state index contributed by atoms with van der Waals surface area (Å²) in [6, 6.07) is 0. The highest BCUT2D eigenvalue weighted by atomic mass is 32.1. The maximum Gasteiger partial charge on any atom is 0.168 e. The third-order valence-corrected chi connectivity index (χ3v) is 6.23. The lowest BCUT2D eigenvalue weighted by atomic mass is 9.86. The Hall–Kier alpha value is -1.48. The van der Waals surface area contributed by atoms with Crippen LogP contribution in [0.5, 0.6) is 0 Å². The average Bonchev–Trinajstić information content (AvgIpc) is 3.02. The van der Waals surface area contributed by atoms with E-state index < -0.39 is 0 Å². The Labute approximate surface area is 156 Å². The summed E-state index contributed by atoms with van der Waals surface area (Å²) in [6.07, 6.45) is 12.4. The zero-order valence-electron chi connectivity index (χ0n) is 15.9. The number of rotatable bonds is 6. The standard InChI is InChI=1S/C22H30O2S/c1-5-9-15(2)10-8-13-18-12-7-6-11-16(3)22-20(21(18)24)19(14-25-22)17(4)23/h6-7,9,14,16,18H,5,8,10-13H2,1-4H3/b7-6+,15-9-. The van der Waals surface area contributed by atoms with Crippen LogP contribution in [-0.4, -0.2) is 11.6 Å². The van der Waals surface area contributed by atoms with E-state index in [0.29, 0.717) is 11.5 Å². The average molecular weight is 359 g/mol. The zero-order valence-corrected chi connectivity index (χ0v) is 16.7. The van der Waals surface area contributed by atoms with Gasteiger partial charge in [-0.15, -0.1) is 11.3 Å². The molecule has 0 amide bonds. The number of fused-ring (bicyclic) bond motifs is 1. The number of hydrogen-bond donors (Lipinski definition) is 0. The first-order chi connectivity index (χ1) is 12.0. The quantitative estimate of drug-likeness (QED) is 0.417. The van der Waals surface area contributed by atoms with Crippen molar-refractivity contribution in [3.63, 3.8) is 0 Å². The van der Waals surface area contributed by atoms with Crippen LogP contribution in [0.25, 0.3) is 0 Å². The molecule has 1 aliphatic rings. The molecule has 0 bridgehead atoms. The van der Waals surface area contributed by atoms with Crippen LogP contribution in [0.15, 0.2) is 29.2 Å². The smallest absolute Gasteiger partial charge is 0.168 e. The van der Waals surface area contributed by atoms with E-state index in [0.717, 1.165) is 49.0 Å². The lowest BCUT2D eigenvalue weighted by molar-refractivity contribution is 0.0902. The normalized spacial score (nSPS) is 22.7. The van der Waals surface area contributed by atoms with Gasteiger partial charge in [0.15, 0.2) is 11.6 Å². The maximum absolute atomic E-state index is 13.3. The molecule has 0 saturated heterocycles. The van der Waals surface area contributed by atoms with Gasteiger partial charge in [-0.2, -0.15) is 0 Å². The van der Waals surface area contributed by atoms with Crippen LogP contribution in [0.3, 0.4) is 0 Å². The first-order valence-corrected chi connectivity index (χ1v) is 10.3. The molecule has 0 aromatic carbocycles. The van der Waals surface area contributed by atoms with Gasteiger partial charge in [-0.3, -0.25) is 9.59 Å². The molecule has 136 valence electrons. The molecule has 1 aromatic heterocycles. The van der Waals surface area contributed by atoms with Crippen molar-refractivity contribution in [1.29, 1.82) is 0 Å². The molecule has 0 N–H and O–H groups in total. The highest BCUT2D eigenvalue weighted by Gasteiger charge is 2.29. The molecule has 1 heterocycles. The van der Waals surface area contributed by atoms with E-state index in [1.807, 2.05) is 5.38 Å². The summed E-state index contributed by atoms with van der Waals surface area (Å²) < 4.78 is 0. The molecule has 25 heavy (non-hydrogen) atoms. The van der Waals surface area contributed by atoms with Crippen LogP contribution in [0, 0.1) is 5.92 Å². The van der Waals surface area contributed by atoms with E-state index in [-0.39, 0.29) is 17.5 Å². The third kappa shape index (κ3) is 5.01. The molecule has 2 atom stereocenters. The first kappa shape index (κ1) is 19.8. The third-order valence-electron chi connectivity index (χ3n) is 5.02. The van der Waals surface area contributed by atoms with Crippen LogP contribution >= 0.6 is 11.3 Å². The van der Waals surface area contributed by atoms with E-state index in [4.69, 9.17) is 0 Å². The van der Waals surface area contributed by atoms with Gasteiger partial charge in [-0.25, -0.2) is 0 Å². The number of Topliss-reactive ketones (excluding diaryl/α,β-unsaturated/α-hetero) is 2. The molecule has 0 spiro atoms. The van der Waals surface area contributed by atoms with Crippen molar-refractivity contribution in [1.82, 2.24) is 0 Å². The van der Waals surface area contributed by atoms with Gasteiger partial charge in [0.05, 0.1) is 0 Å². The molecular weight excluding hydrogens is 328 g/mol. The van der Waals surface area contributed by atoms with E-state index in [9.17, 15) is 9.59 Å². The molecule has 0 fully saturated rings. The van der Waals surface area contributed by atoms with Gasteiger partial charge in [-0.1, -0.05) is 37.6 Å². The summed E-state index contributed by atoms with van der Waals surface area (Å²) >= 11 is 1.58. The van der Waals surface area contributed by atoms with Crippen LogP contribution in [0.2, 0.25) is 0 Å². The summed E-state index contributed by atoms with van der Waals surface area (Å²) in [6.45, 7) is 8.04.